The van der Waals surface area contributed by atoms with Crippen LogP contribution in [0.15, 0.2) is 29.2 Å². The minimum absolute atomic E-state index is 0.0633. The average Bonchev–Trinajstić information content (AvgIpc) is 3.50. The lowest BCUT2D eigenvalue weighted by atomic mass is 9.93. The highest BCUT2D eigenvalue weighted by Gasteiger charge is 2.44. The van der Waals surface area contributed by atoms with Crippen molar-refractivity contribution in [2.75, 3.05) is 48.0 Å². The molecule has 10 heteroatoms. The van der Waals surface area contributed by atoms with Crippen LogP contribution < -0.4 is 15.5 Å². The summed E-state index contributed by atoms with van der Waals surface area (Å²) in [5, 5.41) is 14.7. The molecule has 0 unspecified atom stereocenters. The van der Waals surface area contributed by atoms with Gasteiger partial charge < -0.3 is 20.6 Å². The number of anilines is 3. The van der Waals surface area contributed by atoms with Crippen molar-refractivity contribution in [2.45, 2.75) is 37.5 Å². The van der Waals surface area contributed by atoms with E-state index in [0.29, 0.717) is 40.7 Å². The molecule has 9 nitrogen and oxygen atoms in total. The second-order valence-electron chi connectivity index (χ2n) is 8.76. The van der Waals surface area contributed by atoms with E-state index in [1.54, 1.807) is 25.1 Å². The molecular weight excluding hydrogens is 430 g/mol. The zero-order valence-electron chi connectivity index (χ0n) is 18.4. The number of nitrogens with one attached hydrogen (secondary N) is 2. The van der Waals surface area contributed by atoms with Gasteiger partial charge in [0.25, 0.3) is 5.91 Å². The van der Waals surface area contributed by atoms with E-state index in [9.17, 15) is 13.2 Å². The molecule has 3 N–H and O–H groups in total. The third kappa shape index (κ3) is 5.02. The summed E-state index contributed by atoms with van der Waals surface area (Å²) in [7, 11) is -3.40. The molecule has 2 aromatic rings. The second kappa shape index (κ2) is 8.67. The Hall–Kier alpha value is -2.72. The first-order valence-corrected chi connectivity index (χ1v) is 12.7. The minimum atomic E-state index is -3.40. The smallest absolute Gasteiger partial charge is 0.258 e. The second-order valence-corrected chi connectivity index (χ2v) is 10.8. The molecular formula is C22H29N5O4S. The molecule has 0 bridgehead atoms. The van der Waals surface area contributed by atoms with E-state index in [2.05, 4.69) is 25.5 Å². The molecule has 0 atom stereocenters. The number of aryl methyl sites for hydroxylation is 1. The van der Waals surface area contributed by atoms with E-state index < -0.39 is 9.84 Å². The van der Waals surface area contributed by atoms with Gasteiger partial charge in [0.1, 0.15) is 5.82 Å². The van der Waals surface area contributed by atoms with Crippen LogP contribution in [0.2, 0.25) is 0 Å². The first-order chi connectivity index (χ1) is 15.2. The predicted octanol–water partition coefficient (Wildman–Crippen LogP) is 2.23. The molecule has 1 aromatic heterocycles. The molecule has 2 aliphatic rings. The highest BCUT2D eigenvalue weighted by atomic mass is 32.2. The van der Waals surface area contributed by atoms with Crippen molar-refractivity contribution in [3.63, 3.8) is 0 Å². The largest absolute Gasteiger partial charge is 0.395 e. The van der Waals surface area contributed by atoms with Crippen LogP contribution in [0.5, 0.6) is 0 Å². The third-order valence-corrected chi connectivity index (χ3v) is 7.36. The Balaban J connectivity index is 1.62. The van der Waals surface area contributed by atoms with Crippen molar-refractivity contribution < 1.29 is 18.3 Å². The Kier molecular flexibility index (Phi) is 6.09. The van der Waals surface area contributed by atoms with Gasteiger partial charge in [-0.2, -0.15) is 4.98 Å². The number of carbonyl (C=O) groups excluding carboxylic acids is 1. The van der Waals surface area contributed by atoms with Crippen LogP contribution in [0.1, 0.15) is 41.7 Å². The topological polar surface area (TPSA) is 125 Å². The highest BCUT2D eigenvalue weighted by molar-refractivity contribution is 7.90. The van der Waals surface area contributed by atoms with E-state index in [4.69, 9.17) is 5.11 Å². The SMILES string of the molecule is Cc1cc(NC(=O)c2ccc(S(C)(=O)=O)cc2N2CCC3(CC2)CC3)nc(NCCO)n1. The maximum absolute atomic E-state index is 13.2. The molecule has 1 amide bonds. The van der Waals surface area contributed by atoms with Crippen molar-refractivity contribution in [3.8, 4) is 0 Å². The minimum Gasteiger partial charge on any atom is -0.395 e. The fourth-order valence-electron chi connectivity index (χ4n) is 4.16. The van der Waals surface area contributed by atoms with Crippen LogP contribution >= 0.6 is 0 Å². The standard InChI is InChI=1S/C22H29N5O4S/c1-15-13-19(26-21(24-15)23-9-12-28)25-20(29)17-4-3-16(32(2,30)31)14-18(17)27-10-7-22(5-6-22)8-11-27/h3-4,13-14,28H,5-12H2,1-2H3,(H2,23,24,25,26,29). The lowest BCUT2D eigenvalue weighted by Crippen LogP contribution is -2.35. The van der Waals surface area contributed by atoms with E-state index >= 15 is 0 Å². The van der Waals surface area contributed by atoms with Gasteiger partial charge in [0, 0.05) is 37.7 Å². The summed E-state index contributed by atoms with van der Waals surface area (Å²) in [5.74, 6) is 0.280. The Bertz CT molecular complexity index is 1120. The fourth-order valence-corrected chi connectivity index (χ4v) is 4.80. The van der Waals surface area contributed by atoms with Gasteiger partial charge in [-0.05, 0) is 56.2 Å². The van der Waals surface area contributed by atoms with E-state index in [1.165, 1.54) is 25.2 Å². The first kappa shape index (κ1) is 22.5. The van der Waals surface area contributed by atoms with Crippen LogP contribution in [0, 0.1) is 12.3 Å². The molecule has 2 heterocycles. The van der Waals surface area contributed by atoms with Crippen molar-refractivity contribution in [1.29, 1.82) is 0 Å². The lowest BCUT2D eigenvalue weighted by Gasteiger charge is -2.35. The van der Waals surface area contributed by atoms with Crippen molar-refractivity contribution in [1.82, 2.24) is 9.97 Å². The molecule has 1 aliphatic heterocycles. The van der Waals surface area contributed by atoms with E-state index in [1.807, 2.05) is 0 Å². The molecule has 0 radical (unpaired) electrons. The number of aliphatic hydroxyl groups is 1. The Morgan fingerprint density at radius 3 is 2.50 bits per heavy atom. The zero-order valence-corrected chi connectivity index (χ0v) is 19.2. The molecule has 1 saturated carbocycles. The van der Waals surface area contributed by atoms with Crippen molar-refractivity contribution in [3.05, 3.63) is 35.5 Å². The quantitative estimate of drug-likeness (QED) is 0.576. The number of carbonyl (C=O) groups is 1. The fraction of sp³-hybridized carbons (Fsp3) is 0.500. The lowest BCUT2D eigenvalue weighted by molar-refractivity contribution is 0.102. The summed E-state index contributed by atoms with van der Waals surface area (Å²) in [5.41, 5.74) is 2.16. The molecule has 1 aromatic carbocycles. The summed E-state index contributed by atoms with van der Waals surface area (Å²) in [6.45, 7) is 3.62. The van der Waals surface area contributed by atoms with Gasteiger partial charge >= 0.3 is 0 Å². The summed E-state index contributed by atoms with van der Waals surface area (Å²) < 4.78 is 24.3. The number of rotatable bonds is 7. The Morgan fingerprint density at radius 1 is 1.16 bits per heavy atom. The number of aliphatic hydroxyl groups excluding tert-OH is 1. The number of piperidine rings is 1. The van der Waals surface area contributed by atoms with Gasteiger partial charge in [-0.1, -0.05) is 0 Å². The van der Waals surface area contributed by atoms with Crippen LogP contribution in [0.3, 0.4) is 0 Å². The average molecular weight is 460 g/mol. The highest BCUT2D eigenvalue weighted by Crippen LogP contribution is 2.54. The van der Waals surface area contributed by atoms with Crippen LogP contribution in [0.25, 0.3) is 0 Å². The van der Waals surface area contributed by atoms with Crippen LogP contribution in [0.4, 0.5) is 17.5 Å². The van der Waals surface area contributed by atoms with Gasteiger partial charge in [-0.15, -0.1) is 0 Å². The number of aromatic nitrogens is 2. The number of hydrogen-bond acceptors (Lipinski definition) is 8. The van der Waals surface area contributed by atoms with Gasteiger partial charge in [0.2, 0.25) is 5.95 Å². The summed E-state index contributed by atoms with van der Waals surface area (Å²) in [6.07, 6.45) is 5.81. The maximum Gasteiger partial charge on any atom is 0.258 e. The molecule has 2 fully saturated rings. The Labute approximate surface area is 188 Å². The van der Waals surface area contributed by atoms with Crippen molar-refractivity contribution in [2.24, 2.45) is 5.41 Å². The molecule has 4 rings (SSSR count). The predicted molar refractivity (Wildman–Crippen MR) is 123 cm³/mol. The number of nitrogens with zero attached hydrogens (tertiary/aromatic N) is 3. The normalized spacial score (nSPS) is 17.3. The number of sulfone groups is 1. The van der Waals surface area contributed by atoms with Gasteiger partial charge in [0.05, 0.1) is 22.8 Å². The number of benzene rings is 1. The third-order valence-electron chi connectivity index (χ3n) is 6.25. The molecule has 1 saturated heterocycles. The first-order valence-electron chi connectivity index (χ1n) is 10.8. The summed E-state index contributed by atoms with van der Waals surface area (Å²) in [6, 6.07) is 6.31. The maximum atomic E-state index is 13.2. The monoisotopic (exact) mass is 459 g/mol. The van der Waals surface area contributed by atoms with E-state index in [0.717, 1.165) is 25.9 Å². The van der Waals surface area contributed by atoms with Gasteiger partial charge in [-0.25, -0.2) is 13.4 Å². The zero-order chi connectivity index (χ0) is 22.9. The summed E-state index contributed by atoms with van der Waals surface area (Å²) in [4.78, 5) is 24.1. The molecule has 172 valence electrons. The summed E-state index contributed by atoms with van der Waals surface area (Å²) >= 11 is 0. The Morgan fingerprint density at radius 2 is 1.88 bits per heavy atom. The van der Waals surface area contributed by atoms with Gasteiger partial charge in [-0.3, -0.25) is 4.79 Å². The molecule has 1 aliphatic carbocycles. The molecule has 32 heavy (non-hydrogen) atoms. The number of amides is 1. The van der Waals surface area contributed by atoms with E-state index in [-0.39, 0.29) is 17.4 Å². The molecule has 1 spiro atoms. The van der Waals surface area contributed by atoms with Crippen molar-refractivity contribution >= 4 is 33.2 Å². The number of hydrogen-bond donors (Lipinski definition) is 3. The van der Waals surface area contributed by atoms with Crippen LogP contribution in [-0.4, -0.2) is 61.9 Å². The van der Waals surface area contributed by atoms with Gasteiger partial charge in [0.15, 0.2) is 9.84 Å². The van der Waals surface area contributed by atoms with Crippen LogP contribution in [-0.2, 0) is 9.84 Å².